The number of hydrogen-bond acceptors (Lipinski definition) is 4. The van der Waals surface area contributed by atoms with Crippen LogP contribution in [0.5, 0.6) is 5.75 Å². The number of ether oxygens (including phenoxy) is 1. The Labute approximate surface area is 138 Å². The Hall–Kier alpha value is -1.33. The van der Waals surface area contributed by atoms with Crippen molar-refractivity contribution in [2.45, 2.75) is 20.3 Å². The lowest BCUT2D eigenvalue weighted by molar-refractivity contribution is 0.416. The average Bonchev–Trinajstić information content (AvgIpc) is 2.48. The fourth-order valence-electron chi connectivity index (χ4n) is 1.92. The fourth-order valence-corrected chi connectivity index (χ4v) is 2.49. The van der Waals surface area contributed by atoms with Crippen LogP contribution >= 0.6 is 27.5 Å². The topological polar surface area (TPSA) is 47.0 Å². The lowest BCUT2D eigenvalue weighted by Crippen LogP contribution is -2.06. The highest BCUT2D eigenvalue weighted by Gasteiger charge is 2.16. The van der Waals surface area contributed by atoms with E-state index in [-0.39, 0.29) is 0 Å². The van der Waals surface area contributed by atoms with Gasteiger partial charge in [-0.2, -0.15) is 0 Å². The summed E-state index contributed by atoms with van der Waals surface area (Å²) in [5, 5.41) is 3.86. The van der Waals surface area contributed by atoms with E-state index in [1.165, 1.54) is 0 Å². The summed E-state index contributed by atoms with van der Waals surface area (Å²) in [6.45, 7) is 4.87. The normalized spacial score (nSPS) is 10.5. The number of nitrogens with zero attached hydrogens (tertiary/aromatic N) is 2. The van der Waals surface area contributed by atoms with Gasteiger partial charge >= 0.3 is 0 Å². The molecule has 0 spiro atoms. The van der Waals surface area contributed by atoms with Crippen LogP contribution in [0, 0.1) is 6.92 Å². The van der Waals surface area contributed by atoms with Crippen LogP contribution in [-0.2, 0) is 0 Å². The molecule has 1 aromatic heterocycles. The lowest BCUT2D eigenvalue weighted by Gasteiger charge is -2.13. The Balaban J connectivity index is 2.57. The van der Waals surface area contributed by atoms with Gasteiger partial charge in [0, 0.05) is 6.54 Å². The van der Waals surface area contributed by atoms with Gasteiger partial charge in [-0.3, -0.25) is 0 Å². The maximum absolute atomic E-state index is 6.30. The number of rotatable bonds is 5. The zero-order chi connectivity index (χ0) is 15.4. The number of anilines is 1. The van der Waals surface area contributed by atoms with Gasteiger partial charge in [-0.25, -0.2) is 9.97 Å². The van der Waals surface area contributed by atoms with Crippen LogP contribution in [0.15, 0.2) is 22.7 Å². The monoisotopic (exact) mass is 369 g/mol. The molecule has 0 unspecified atom stereocenters. The van der Waals surface area contributed by atoms with E-state index >= 15 is 0 Å². The molecule has 0 aliphatic carbocycles. The molecule has 21 heavy (non-hydrogen) atoms. The maximum Gasteiger partial charge on any atom is 0.167 e. The zero-order valence-corrected chi connectivity index (χ0v) is 14.5. The molecule has 1 heterocycles. The summed E-state index contributed by atoms with van der Waals surface area (Å²) in [5.74, 6) is 1.98. The van der Waals surface area contributed by atoms with E-state index in [4.69, 9.17) is 16.3 Å². The van der Waals surface area contributed by atoms with Crippen molar-refractivity contribution in [1.82, 2.24) is 9.97 Å². The van der Waals surface area contributed by atoms with Gasteiger partial charge in [-0.05, 0) is 41.4 Å². The summed E-state index contributed by atoms with van der Waals surface area (Å²) in [6, 6.07) is 5.49. The molecule has 0 atom stereocenters. The van der Waals surface area contributed by atoms with Gasteiger partial charge in [0.15, 0.2) is 5.82 Å². The first-order chi connectivity index (χ1) is 10.1. The molecule has 0 aliphatic heterocycles. The largest absolute Gasteiger partial charge is 0.496 e. The fraction of sp³-hybridized carbons (Fsp3) is 0.333. The minimum atomic E-state index is 0.553. The maximum atomic E-state index is 6.30. The first-order valence-corrected chi connectivity index (χ1v) is 7.86. The van der Waals surface area contributed by atoms with E-state index in [1.54, 1.807) is 13.2 Å². The van der Waals surface area contributed by atoms with Crippen LogP contribution in [-0.4, -0.2) is 23.6 Å². The number of benzene rings is 1. The van der Waals surface area contributed by atoms with Crippen LogP contribution in [0.1, 0.15) is 19.0 Å². The number of methoxy groups -OCH3 is 1. The van der Waals surface area contributed by atoms with Gasteiger partial charge in [0.05, 0.1) is 27.9 Å². The minimum absolute atomic E-state index is 0.553. The molecule has 2 rings (SSSR count). The van der Waals surface area contributed by atoms with Gasteiger partial charge < -0.3 is 10.1 Å². The minimum Gasteiger partial charge on any atom is -0.496 e. The van der Waals surface area contributed by atoms with E-state index in [9.17, 15) is 0 Å². The standard InChI is InChI=1S/C15H17BrClN3O/c1-4-8-18-15-13(16)9(2)19-14(20-15)12-10(17)6-5-7-11(12)21-3/h5-7H,4,8H2,1-3H3,(H,18,19,20). The van der Waals surface area contributed by atoms with Gasteiger partial charge in [-0.15, -0.1) is 0 Å². The zero-order valence-electron chi connectivity index (χ0n) is 12.2. The van der Waals surface area contributed by atoms with E-state index < -0.39 is 0 Å². The number of aromatic nitrogens is 2. The van der Waals surface area contributed by atoms with Crippen molar-refractivity contribution < 1.29 is 4.74 Å². The Morgan fingerprint density at radius 2 is 2.10 bits per heavy atom. The quantitative estimate of drug-likeness (QED) is 0.829. The van der Waals surface area contributed by atoms with Crippen molar-refractivity contribution in [3.05, 3.63) is 33.4 Å². The van der Waals surface area contributed by atoms with Gasteiger partial charge in [0.25, 0.3) is 0 Å². The van der Waals surface area contributed by atoms with Crippen LogP contribution in [0.2, 0.25) is 5.02 Å². The average molecular weight is 371 g/mol. The molecule has 1 N–H and O–H groups in total. The van der Waals surface area contributed by atoms with Crippen molar-refractivity contribution in [1.29, 1.82) is 0 Å². The highest BCUT2D eigenvalue weighted by molar-refractivity contribution is 9.10. The summed E-state index contributed by atoms with van der Waals surface area (Å²) in [7, 11) is 1.61. The molecule has 0 aliphatic rings. The lowest BCUT2D eigenvalue weighted by atomic mass is 10.2. The summed E-state index contributed by atoms with van der Waals surface area (Å²) in [6.07, 6.45) is 1.01. The Kier molecular flexibility index (Phi) is 5.42. The van der Waals surface area contributed by atoms with E-state index in [2.05, 4.69) is 38.1 Å². The predicted octanol–water partition coefficient (Wildman–Crippen LogP) is 4.70. The second kappa shape index (κ2) is 7.09. The highest BCUT2D eigenvalue weighted by atomic mass is 79.9. The van der Waals surface area contributed by atoms with Gasteiger partial charge in [0.2, 0.25) is 0 Å². The Bertz CT molecular complexity index is 649. The van der Waals surface area contributed by atoms with Crippen LogP contribution in [0.3, 0.4) is 0 Å². The van der Waals surface area contributed by atoms with Crippen molar-refractivity contribution in [3.8, 4) is 17.1 Å². The number of aryl methyl sites for hydroxylation is 1. The van der Waals surface area contributed by atoms with E-state index in [0.717, 1.165) is 29.0 Å². The molecule has 1 aromatic carbocycles. The Morgan fingerprint density at radius 3 is 2.76 bits per heavy atom. The summed E-state index contributed by atoms with van der Waals surface area (Å²) < 4.78 is 6.24. The summed E-state index contributed by atoms with van der Waals surface area (Å²) >= 11 is 9.82. The SMILES string of the molecule is CCCNc1nc(-c2c(Cl)cccc2OC)nc(C)c1Br. The second-order valence-corrected chi connectivity index (χ2v) is 5.74. The third kappa shape index (κ3) is 3.47. The van der Waals surface area contributed by atoms with Crippen LogP contribution < -0.4 is 10.1 Å². The molecule has 0 bridgehead atoms. The van der Waals surface area contributed by atoms with Gasteiger partial charge in [-0.1, -0.05) is 24.6 Å². The summed E-state index contributed by atoms with van der Waals surface area (Å²) in [5.41, 5.74) is 1.55. The highest BCUT2D eigenvalue weighted by Crippen LogP contribution is 2.36. The van der Waals surface area contributed by atoms with E-state index in [1.807, 2.05) is 19.1 Å². The smallest absolute Gasteiger partial charge is 0.167 e. The molecular weight excluding hydrogens is 354 g/mol. The van der Waals surface area contributed by atoms with Crippen LogP contribution in [0.4, 0.5) is 5.82 Å². The number of halogens is 2. The van der Waals surface area contributed by atoms with Crippen molar-refractivity contribution >= 4 is 33.3 Å². The third-order valence-electron chi connectivity index (χ3n) is 2.98. The Morgan fingerprint density at radius 1 is 1.33 bits per heavy atom. The molecule has 0 saturated heterocycles. The molecule has 0 saturated carbocycles. The van der Waals surface area contributed by atoms with E-state index in [0.29, 0.717) is 22.2 Å². The van der Waals surface area contributed by atoms with Crippen molar-refractivity contribution in [2.75, 3.05) is 19.0 Å². The molecule has 4 nitrogen and oxygen atoms in total. The van der Waals surface area contributed by atoms with Crippen molar-refractivity contribution in [2.24, 2.45) is 0 Å². The molecule has 0 fully saturated rings. The summed E-state index contributed by atoms with van der Waals surface area (Å²) in [4.78, 5) is 9.10. The molecule has 112 valence electrons. The number of nitrogens with one attached hydrogen (secondary N) is 1. The molecule has 6 heteroatoms. The molecule has 0 radical (unpaired) electrons. The third-order valence-corrected chi connectivity index (χ3v) is 4.24. The van der Waals surface area contributed by atoms with Gasteiger partial charge in [0.1, 0.15) is 11.6 Å². The van der Waals surface area contributed by atoms with Crippen molar-refractivity contribution in [3.63, 3.8) is 0 Å². The predicted molar refractivity (Wildman–Crippen MR) is 90.2 cm³/mol. The number of hydrogen-bond donors (Lipinski definition) is 1. The second-order valence-electron chi connectivity index (χ2n) is 4.54. The molecular formula is C15H17BrClN3O. The first kappa shape index (κ1) is 16.0. The first-order valence-electron chi connectivity index (χ1n) is 6.69. The molecule has 2 aromatic rings. The van der Waals surface area contributed by atoms with Crippen LogP contribution in [0.25, 0.3) is 11.4 Å². The molecule has 0 amide bonds.